The first-order valence-corrected chi connectivity index (χ1v) is 11.5. The maximum absolute atomic E-state index is 13.0. The Balaban J connectivity index is 1.50. The second-order valence-electron chi connectivity index (χ2n) is 8.10. The summed E-state index contributed by atoms with van der Waals surface area (Å²) in [5.41, 5.74) is 3.10. The van der Waals surface area contributed by atoms with Crippen molar-refractivity contribution < 1.29 is 17.9 Å². The lowest BCUT2D eigenvalue weighted by atomic mass is 10.1. The van der Waals surface area contributed by atoms with E-state index in [9.17, 15) is 13.2 Å². The molecule has 162 valence electrons. The number of aryl methyl sites for hydroxylation is 2. The average molecular weight is 425 g/mol. The highest BCUT2D eigenvalue weighted by Crippen LogP contribution is 2.19. The number of hydrogen-bond donors (Lipinski definition) is 1. The van der Waals surface area contributed by atoms with Crippen LogP contribution in [0.3, 0.4) is 0 Å². The fraction of sp³-hybridized carbons (Fsp3) is 0.650. The predicted molar refractivity (Wildman–Crippen MR) is 113 cm³/mol. The minimum Gasteiger partial charge on any atom is -0.373 e. The summed E-state index contributed by atoms with van der Waals surface area (Å²) in [6.07, 6.45) is -0.215. The number of morpholine rings is 1. The predicted octanol–water partition coefficient (Wildman–Crippen LogP) is 1.21. The third-order valence-electron chi connectivity index (χ3n) is 5.53. The maximum Gasteiger partial charge on any atom is 0.282 e. The molecule has 2 atom stereocenters. The van der Waals surface area contributed by atoms with Crippen LogP contribution in [-0.4, -0.2) is 85.9 Å². The van der Waals surface area contributed by atoms with Gasteiger partial charge in [-0.05, 0) is 51.0 Å². The molecule has 1 amide bonds. The number of amides is 1. The van der Waals surface area contributed by atoms with Crippen LogP contribution in [0.5, 0.6) is 0 Å². The van der Waals surface area contributed by atoms with Crippen LogP contribution < -0.4 is 5.32 Å². The highest BCUT2D eigenvalue weighted by atomic mass is 32.2. The van der Waals surface area contributed by atoms with Gasteiger partial charge in [0.05, 0.1) is 18.8 Å². The topological polar surface area (TPSA) is 82.2 Å². The van der Waals surface area contributed by atoms with Gasteiger partial charge in [-0.2, -0.15) is 17.0 Å². The molecule has 9 heteroatoms. The molecule has 2 fully saturated rings. The lowest BCUT2D eigenvalue weighted by Gasteiger charge is -2.40. The highest BCUT2D eigenvalue weighted by Gasteiger charge is 2.36. The van der Waals surface area contributed by atoms with Gasteiger partial charge in [-0.1, -0.05) is 6.07 Å². The zero-order valence-electron chi connectivity index (χ0n) is 17.7. The quantitative estimate of drug-likeness (QED) is 0.768. The van der Waals surface area contributed by atoms with Gasteiger partial charge in [-0.15, -0.1) is 0 Å². The Labute approximate surface area is 174 Å². The fourth-order valence-electron chi connectivity index (χ4n) is 3.82. The van der Waals surface area contributed by atoms with Gasteiger partial charge in [0.1, 0.15) is 0 Å². The monoisotopic (exact) mass is 424 g/mol. The molecule has 1 aromatic rings. The number of nitrogens with zero attached hydrogens (tertiary/aromatic N) is 3. The Morgan fingerprint density at radius 2 is 1.66 bits per heavy atom. The van der Waals surface area contributed by atoms with E-state index in [2.05, 4.69) is 5.32 Å². The van der Waals surface area contributed by atoms with Crippen molar-refractivity contribution in [2.75, 3.05) is 51.1 Å². The van der Waals surface area contributed by atoms with E-state index in [-0.39, 0.29) is 24.7 Å². The highest BCUT2D eigenvalue weighted by molar-refractivity contribution is 7.86. The van der Waals surface area contributed by atoms with Crippen LogP contribution in [0.1, 0.15) is 25.0 Å². The number of ether oxygens (including phenoxy) is 1. The normalized spacial score (nSPS) is 25.1. The van der Waals surface area contributed by atoms with Crippen molar-refractivity contribution >= 4 is 21.8 Å². The molecule has 3 rings (SSSR count). The van der Waals surface area contributed by atoms with Gasteiger partial charge < -0.3 is 10.1 Å². The van der Waals surface area contributed by atoms with Crippen molar-refractivity contribution in [2.24, 2.45) is 0 Å². The SMILES string of the molecule is Cc1ccc(NC(=O)CN2CCN(S(=O)(=O)N3CC(C)OC(C)C3)CC2)cc1C. The van der Waals surface area contributed by atoms with Crippen LogP contribution >= 0.6 is 0 Å². The van der Waals surface area contributed by atoms with E-state index in [4.69, 9.17) is 4.74 Å². The summed E-state index contributed by atoms with van der Waals surface area (Å²) in [5, 5.41) is 2.93. The zero-order valence-corrected chi connectivity index (χ0v) is 18.5. The van der Waals surface area contributed by atoms with E-state index in [0.717, 1.165) is 11.3 Å². The molecule has 2 saturated heterocycles. The van der Waals surface area contributed by atoms with Crippen molar-refractivity contribution in [2.45, 2.75) is 39.9 Å². The Morgan fingerprint density at radius 1 is 1.03 bits per heavy atom. The third-order valence-corrected chi connectivity index (χ3v) is 7.50. The van der Waals surface area contributed by atoms with E-state index < -0.39 is 10.2 Å². The van der Waals surface area contributed by atoms with Crippen molar-refractivity contribution in [1.29, 1.82) is 0 Å². The van der Waals surface area contributed by atoms with E-state index in [1.807, 2.05) is 50.8 Å². The van der Waals surface area contributed by atoms with Crippen molar-refractivity contribution in [3.05, 3.63) is 29.3 Å². The number of nitrogens with one attached hydrogen (secondary N) is 1. The van der Waals surface area contributed by atoms with Crippen LogP contribution in [0.25, 0.3) is 0 Å². The first kappa shape index (κ1) is 22.2. The molecular weight excluding hydrogens is 392 g/mol. The van der Waals surface area contributed by atoms with E-state index >= 15 is 0 Å². The summed E-state index contributed by atoms with van der Waals surface area (Å²) >= 11 is 0. The zero-order chi connectivity index (χ0) is 21.2. The third kappa shape index (κ3) is 5.55. The first-order valence-electron chi connectivity index (χ1n) is 10.2. The molecule has 0 saturated carbocycles. The summed E-state index contributed by atoms with van der Waals surface area (Å²) in [6, 6.07) is 5.85. The van der Waals surface area contributed by atoms with Gasteiger partial charge >= 0.3 is 0 Å². The first-order chi connectivity index (χ1) is 13.6. The molecule has 2 unspecified atom stereocenters. The molecule has 0 aliphatic carbocycles. The Kier molecular flexibility index (Phi) is 6.95. The number of benzene rings is 1. The molecule has 2 heterocycles. The average Bonchev–Trinajstić information content (AvgIpc) is 2.64. The smallest absolute Gasteiger partial charge is 0.282 e. The van der Waals surface area contributed by atoms with Crippen molar-refractivity contribution in [1.82, 2.24) is 13.5 Å². The van der Waals surface area contributed by atoms with Crippen molar-refractivity contribution in [3.63, 3.8) is 0 Å². The number of anilines is 1. The largest absolute Gasteiger partial charge is 0.373 e. The van der Waals surface area contributed by atoms with Gasteiger partial charge in [0.25, 0.3) is 10.2 Å². The van der Waals surface area contributed by atoms with Gasteiger partial charge in [0.15, 0.2) is 0 Å². The van der Waals surface area contributed by atoms with Gasteiger partial charge in [0.2, 0.25) is 5.91 Å². The van der Waals surface area contributed by atoms with Crippen LogP contribution in [0.2, 0.25) is 0 Å². The lowest BCUT2D eigenvalue weighted by molar-refractivity contribution is -0.117. The summed E-state index contributed by atoms with van der Waals surface area (Å²) in [5.74, 6) is -0.0830. The summed E-state index contributed by atoms with van der Waals surface area (Å²) in [7, 11) is -3.50. The number of rotatable bonds is 5. The molecule has 1 N–H and O–H groups in total. The Morgan fingerprint density at radius 3 is 2.24 bits per heavy atom. The van der Waals surface area contributed by atoms with Gasteiger partial charge in [-0.3, -0.25) is 9.69 Å². The molecule has 0 spiro atoms. The van der Waals surface area contributed by atoms with Crippen LogP contribution in [0.4, 0.5) is 5.69 Å². The lowest BCUT2D eigenvalue weighted by Crippen LogP contribution is -2.57. The molecular formula is C20H32N4O4S. The minimum atomic E-state index is -3.50. The number of carbonyl (C=O) groups excluding carboxylic acids is 1. The van der Waals surface area contributed by atoms with E-state index in [1.54, 1.807) is 0 Å². The molecule has 2 aliphatic heterocycles. The van der Waals surface area contributed by atoms with Crippen molar-refractivity contribution in [3.8, 4) is 0 Å². The fourth-order valence-corrected chi connectivity index (χ4v) is 5.57. The number of carbonyl (C=O) groups is 1. The molecule has 29 heavy (non-hydrogen) atoms. The summed E-state index contributed by atoms with van der Waals surface area (Å²) in [6.45, 7) is 10.7. The number of piperazine rings is 1. The molecule has 8 nitrogen and oxygen atoms in total. The minimum absolute atomic E-state index is 0.0830. The standard InChI is InChI=1S/C20H32N4O4S/c1-15-5-6-19(11-16(15)2)21-20(25)14-22-7-9-23(10-8-22)29(26,27)24-12-17(3)28-18(4)13-24/h5-6,11,17-18H,7-10,12-14H2,1-4H3,(H,21,25). The maximum atomic E-state index is 13.0. The Hall–Kier alpha value is -1.52. The van der Waals surface area contributed by atoms with E-state index in [1.165, 1.54) is 14.2 Å². The molecule has 2 aliphatic rings. The number of hydrogen-bond acceptors (Lipinski definition) is 5. The summed E-state index contributed by atoms with van der Waals surface area (Å²) < 4.78 is 34.6. The van der Waals surface area contributed by atoms with Gasteiger partial charge in [0, 0.05) is 45.0 Å². The molecule has 1 aromatic carbocycles. The van der Waals surface area contributed by atoms with Crippen LogP contribution in [0, 0.1) is 13.8 Å². The summed E-state index contributed by atoms with van der Waals surface area (Å²) in [4.78, 5) is 14.4. The molecule has 0 aromatic heterocycles. The van der Waals surface area contributed by atoms with Crippen LogP contribution in [0.15, 0.2) is 18.2 Å². The van der Waals surface area contributed by atoms with E-state index in [0.29, 0.717) is 39.3 Å². The molecule has 0 radical (unpaired) electrons. The second-order valence-corrected chi connectivity index (χ2v) is 10.0. The van der Waals surface area contributed by atoms with Gasteiger partial charge in [-0.25, -0.2) is 0 Å². The molecule has 0 bridgehead atoms. The Bertz CT molecular complexity index is 827. The van der Waals surface area contributed by atoms with Crippen LogP contribution in [-0.2, 0) is 19.7 Å². The second kappa shape index (κ2) is 9.09.